The third-order valence-corrected chi connectivity index (χ3v) is 2.98. The van der Waals surface area contributed by atoms with E-state index in [0.717, 1.165) is 5.92 Å². The number of carbonyl (C=O) groups excluding carboxylic acids is 1. The number of ether oxygens (including phenoxy) is 1. The van der Waals surface area contributed by atoms with E-state index in [1.54, 1.807) is 0 Å². The van der Waals surface area contributed by atoms with E-state index in [4.69, 9.17) is 4.74 Å². The highest BCUT2D eigenvalue weighted by atomic mass is 16.5. The second-order valence-electron chi connectivity index (χ2n) is 4.23. The number of rotatable bonds is 4. The van der Waals surface area contributed by atoms with E-state index in [1.165, 1.54) is 39.0 Å². The predicted octanol–water partition coefficient (Wildman–Crippen LogP) is 2.97. The lowest BCUT2D eigenvalue weighted by Gasteiger charge is -2.27. The highest BCUT2D eigenvalue weighted by molar-refractivity contribution is 5.65. The van der Waals surface area contributed by atoms with Crippen LogP contribution in [-0.4, -0.2) is 12.6 Å². The molecular formula is C12H21O2. The third kappa shape index (κ3) is 4.12. The first kappa shape index (κ1) is 11.5. The molecule has 14 heavy (non-hydrogen) atoms. The van der Waals surface area contributed by atoms with Crippen LogP contribution >= 0.6 is 0 Å². The lowest BCUT2D eigenvalue weighted by Crippen LogP contribution is -2.20. The topological polar surface area (TPSA) is 26.3 Å². The third-order valence-electron chi connectivity index (χ3n) is 2.98. The van der Waals surface area contributed by atoms with Crippen LogP contribution in [-0.2, 0) is 9.53 Å². The maximum absolute atomic E-state index is 10.6. The monoisotopic (exact) mass is 197 g/mol. The number of esters is 1. The summed E-state index contributed by atoms with van der Waals surface area (Å²) < 4.78 is 5.03. The largest absolute Gasteiger partial charge is 0.466 e. The summed E-state index contributed by atoms with van der Waals surface area (Å²) in [5.41, 5.74) is 0. The lowest BCUT2D eigenvalue weighted by molar-refractivity contribution is -0.142. The van der Waals surface area contributed by atoms with E-state index in [2.05, 4.69) is 13.3 Å². The predicted molar refractivity (Wildman–Crippen MR) is 56.7 cm³/mol. The van der Waals surface area contributed by atoms with Crippen molar-refractivity contribution in [2.75, 3.05) is 6.61 Å². The fraction of sp³-hybridized carbons (Fsp3) is 0.833. The molecule has 0 saturated heterocycles. The summed E-state index contributed by atoms with van der Waals surface area (Å²) in [6.07, 6.45) is 8.59. The van der Waals surface area contributed by atoms with Gasteiger partial charge in [-0.25, -0.2) is 0 Å². The smallest absolute Gasteiger partial charge is 0.302 e. The van der Waals surface area contributed by atoms with Crippen LogP contribution in [0.5, 0.6) is 0 Å². The van der Waals surface area contributed by atoms with Crippen molar-refractivity contribution in [3.63, 3.8) is 0 Å². The van der Waals surface area contributed by atoms with E-state index in [1.807, 2.05) is 0 Å². The minimum atomic E-state index is -0.146. The molecule has 1 fully saturated rings. The van der Waals surface area contributed by atoms with Crippen molar-refractivity contribution in [1.82, 2.24) is 0 Å². The molecule has 0 spiro atoms. The fourth-order valence-corrected chi connectivity index (χ4v) is 2.16. The van der Waals surface area contributed by atoms with E-state index < -0.39 is 0 Å². The maximum atomic E-state index is 10.6. The van der Waals surface area contributed by atoms with Gasteiger partial charge in [-0.1, -0.05) is 13.3 Å². The van der Waals surface area contributed by atoms with Crippen LogP contribution in [0.3, 0.4) is 0 Å². The Morgan fingerprint density at radius 3 is 2.50 bits per heavy atom. The molecular weight excluding hydrogens is 176 g/mol. The van der Waals surface area contributed by atoms with Crippen molar-refractivity contribution in [3.05, 3.63) is 6.42 Å². The van der Waals surface area contributed by atoms with Gasteiger partial charge in [0.1, 0.15) is 0 Å². The van der Waals surface area contributed by atoms with Crippen molar-refractivity contribution in [3.8, 4) is 0 Å². The summed E-state index contributed by atoms with van der Waals surface area (Å²) in [6.45, 7) is 4.32. The number of carbonyl (C=O) groups is 1. The van der Waals surface area contributed by atoms with Crippen molar-refractivity contribution >= 4 is 5.97 Å². The quantitative estimate of drug-likeness (QED) is 0.648. The van der Waals surface area contributed by atoms with Gasteiger partial charge in [0.15, 0.2) is 0 Å². The first-order valence-corrected chi connectivity index (χ1v) is 5.69. The van der Waals surface area contributed by atoms with Gasteiger partial charge in [-0.3, -0.25) is 4.79 Å². The van der Waals surface area contributed by atoms with Crippen molar-refractivity contribution in [2.45, 2.75) is 46.0 Å². The van der Waals surface area contributed by atoms with E-state index in [9.17, 15) is 4.79 Å². The summed E-state index contributed by atoms with van der Waals surface area (Å²) in [7, 11) is 0. The van der Waals surface area contributed by atoms with Crippen LogP contribution in [0.1, 0.15) is 46.0 Å². The van der Waals surface area contributed by atoms with Gasteiger partial charge in [0.2, 0.25) is 0 Å². The summed E-state index contributed by atoms with van der Waals surface area (Å²) >= 11 is 0. The van der Waals surface area contributed by atoms with Gasteiger partial charge >= 0.3 is 5.97 Å². The Labute approximate surface area is 87.0 Å². The van der Waals surface area contributed by atoms with E-state index >= 15 is 0 Å². The molecule has 0 bridgehead atoms. The van der Waals surface area contributed by atoms with Crippen LogP contribution in [0, 0.1) is 18.3 Å². The molecule has 1 radical (unpaired) electrons. The first-order valence-electron chi connectivity index (χ1n) is 5.69. The molecule has 0 unspecified atom stereocenters. The highest BCUT2D eigenvalue weighted by Crippen LogP contribution is 2.30. The summed E-state index contributed by atoms with van der Waals surface area (Å²) in [5.74, 6) is 1.28. The summed E-state index contributed by atoms with van der Waals surface area (Å²) in [5, 5.41) is 0. The Balaban J connectivity index is 2.12. The zero-order chi connectivity index (χ0) is 10.4. The Bertz CT molecular complexity index is 169. The highest BCUT2D eigenvalue weighted by Gasteiger charge is 2.21. The molecule has 0 atom stereocenters. The van der Waals surface area contributed by atoms with Crippen LogP contribution in [0.4, 0.5) is 0 Å². The minimum absolute atomic E-state index is 0.146. The van der Waals surface area contributed by atoms with Crippen molar-refractivity contribution < 1.29 is 9.53 Å². The second-order valence-corrected chi connectivity index (χ2v) is 4.23. The van der Waals surface area contributed by atoms with Crippen LogP contribution in [0.2, 0.25) is 0 Å². The van der Waals surface area contributed by atoms with Gasteiger partial charge in [-0.15, -0.1) is 0 Å². The molecule has 81 valence electrons. The number of hydrogen-bond acceptors (Lipinski definition) is 2. The van der Waals surface area contributed by atoms with Crippen LogP contribution in [0.25, 0.3) is 0 Å². The lowest BCUT2D eigenvalue weighted by atomic mass is 9.80. The normalized spacial score (nSPS) is 27.3. The Morgan fingerprint density at radius 2 is 2.00 bits per heavy atom. The molecule has 0 aromatic carbocycles. The second kappa shape index (κ2) is 6.05. The van der Waals surface area contributed by atoms with Crippen LogP contribution in [0.15, 0.2) is 0 Å². The molecule has 0 N–H and O–H groups in total. The average Bonchev–Trinajstić information content (AvgIpc) is 2.17. The standard InChI is InChI=1S/C12H21O2/c1-3-4-11-5-7-12(8-6-11)9-14-10(2)13/h4,11-12H,3,5-9H2,1-2H3. The van der Waals surface area contributed by atoms with Gasteiger partial charge in [-0.05, 0) is 43.9 Å². The molecule has 1 aliphatic carbocycles. The van der Waals surface area contributed by atoms with Crippen LogP contribution < -0.4 is 0 Å². The van der Waals surface area contributed by atoms with Gasteiger partial charge in [0.05, 0.1) is 6.61 Å². The SMILES string of the molecule is CC[CH]C1CCC(COC(C)=O)CC1. The average molecular weight is 197 g/mol. The molecule has 2 nitrogen and oxygen atoms in total. The fourth-order valence-electron chi connectivity index (χ4n) is 2.16. The Kier molecular flexibility index (Phi) is 4.99. The minimum Gasteiger partial charge on any atom is -0.466 e. The molecule has 1 aliphatic rings. The zero-order valence-electron chi connectivity index (χ0n) is 9.29. The Morgan fingerprint density at radius 1 is 1.36 bits per heavy atom. The Hall–Kier alpha value is -0.530. The molecule has 0 heterocycles. The molecule has 1 rings (SSSR count). The van der Waals surface area contributed by atoms with Crippen molar-refractivity contribution in [2.24, 2.45) is 11.8 Å². The molecule has 0 aromatic heterocycles. The van der Waals surface area contributed by atoms with Crippen molar-refractivity contribution in [1.29, 1.82) is 0 Å². The van der Waals surface area contributed by atoms with Gasteiger partial charge in [-0.2, -0.15) is 0 Å². The zero-order valence-corrected chi connectivity index (χ0v) is 9.29. The van der Waals surface area contributed by atoms with Gasteiger partial charge in [0, 0.05) is 6.92 Å². The van der Waals surface area contributed by atoms with E-state index in [0.29, 0.717) is 12.5 Å². The summed E-state index contributed by atoms with van der Waals surface area (Å²) in [4.78, 5) is 10.6. The van der Waals surface area contributed by atoms with E-state index in [-0.39, 0.29) is 5.97 Å². The van der Waals surface area contributed by atoms with Gasteiger partial charge in [0.25, 0.3) is 0 Å². The molecule has 2 heteroatoms. The molecule has 0 amide bonds. The molecule has 0 aromatic rings. The molecule has 0 aliphatic heterocycles. The first-order chi connectivity index (χ1) is 6.72. The van der Waals surface area contributed by atoms with Gasteiger partial charge < -0.3 is 4.74 Å². The number of hydrogen-bond donors (Lipinski definition) is 0. The summed E-state index contributed by atoms with van der Waals surface area (Å²) in [6, 6.07) is 0. The maximum Gasteiger partial charge on any atom is 0.302 e. The molecule has 1 saturated carbocycles.